The first kappa shape index (κ1) is 18.8. The third kappa shape index (κ3) is 4.90. The molecule has 1 aromatic carbocycles. The predicted molar refractivity (Wildman–Crippen MR) is 99.6 cm³/mol. The highest BCUT2D eigenvalue weighted by Crippen LogP contribution is 2.36. The topological polar surface area (TPSA) is 35.2 Å². The second-order valence-corrected chi connectivity index (χ2v) is 13.2. The smallest absolute Gasteiger partial charge is 0.193 e. The average Bonchev–Trinajstić information content (AvgIpc) is 2.33. The maximum absolute atomic E-state index is 6.08. The number of rotatable bonds is 2. The van der Waals surface area contributed by atoms with Crippen molar-refractivity contribution in [2.45, 2.75) is 65.1 Å². The van der Waals surface area contributed by atoms with Crippen molar-refractivity contribution in [1.82, 2.24) is 0 Å². The first-order valence-corrected chi connectivity index (χ1v) is 10.8. The molecule has 2 nitrogen and oxygen atoms in total. The minimum Gasteiger partial charge on any atom is -0.406 e. The van der Waals surface area contributed by atoms with Crippen molar-refractivity contribution in [3.05, 3.63) is 29.3 Å². The molecule has 0 aliphatic carbocycles. The van der Waals surface area contributed by atoms with Crippen LogP contribution in [0.5, 0.6) is 0 Å². The number of anilines is 1. The molecule has 0 saturated heterocycles. The molecule has 22 heavy (non-hydrogen) atoms. The Bertz CT molecular complexity index is 580. The molecule has 0 bridgehead atoms. The molecular weight excluding hydrogens is 286 g/mol. The molecule has 2 N–H and O–H groups in total. The molecule has 1 rings (SSSR count). The molecule has 0 aliphatic heterocycles. The quantitative estimate of drug-likeness (QED) is 0.476. The first-order chi connectivity index (χ1) is 9.84. The summed E-state index contributed by atoms with van der Waals surface area (Å²) in [6, 6.07) is 6.11. The van der Waals surface area contributed by atoms with E-state index >= 15 is 0 Å². The summed E-state index contributed by atoms with van der Waals surface area (Å²) in [5.41, 5.74) is 9.01. The summed E-state index contributed by atoms with van der Waals surface area (Å²) >= 11 is 0. The molecule has 0 spiro atoms. The van der Waals surface area contributed by atoms with Crippen LogP contribution in [-0.4, -0.2) is 14.9 Å². The van der Waals surface area contributed by atoms with Gasteiger partial charge in [0.25, 0.3) is 0 Å². The van der Waals surface area contributed by atoms with E-state index < -0.39 is 8.32 Å². The van der Waals surface area contributed by atoms with E-state index in [1.54, 1.807) is 0 Å². The van der Waals surface area contributed by atoms with Gasteiger partial charge in [-0.2, -0.15) is 0 Å². The monoisotopic (exact) mass is 317 g/mol. The van der Waals surface area contributed by atoms with Crippen molar-refractivity contribution in [3.63, 3.8) is 0 Å². The lowest BCUT2D eigenvalue weighted by molar-refractivity contribution is 0.334. The van der Waals surface area contributed by atoms with E-state index in [9.17, 15) is 0 Å². The van der Waals surface area contributed by atoms with Crippen LogP contribution >= 0.6 is 0 Å². The van der Waals surface area contributed by atoms with Gasteiger partial charge in [-0.1, -0.05) is 59.4 Å². The maximum Gasteiger partial charge on any atom is 0.193 e. The van der Waals surface area contributed by atoms with Crippen LogP contribution in [-0.2, 0) is 9.84 Å². The Morgan fingerprint density at radius 3 is 2.18 bits per heavy atom. The Balaban J connectivity index is 2.86. The Labute approximate surface area is 137 Å². The SMILES string of the molecule is CC(C)(C)c1ccc(N)c(C#CCO[Si](C)(C)C(C)(C)C)c1. The summed E-state index contributed by atoms with van der Waals surface area (Å²) in [4.78, 5) is 0. The minimum atomic E-state index is -1.73. The van der Waals surface area contributed by atoms with Crippen molar-refractivity contribution in [3.8, 4) is 11.8 Å². The van der Waals surface area contributed by atoms with E-state index in [0.717, 1.165) is 11.3 Å². The van der Waals surface area contributed by atoms with Crippen LogP contribution in [0.2, 0.25) is 18.1 Å². The van der Waals surface area contributed by atoms with Gasteiger partial charge in [-0.25, -0.2) is 0 Å². The second-order valence-electron chi connectivity index (χ2n) is 8.40. The van der Waals surface area contributed by atoms with Gasteiger partial charge in [-0.05, 0) is 41.2 Å². The number of nitrogens with two attached hydrogens (primary N) is 1. The lowest BCUT2D eigenvalue weighted by Crippen LogP contribution is -2.40. The molecule has 0 radical (unpaired) electrons. The molecule has 1 aromatic rings. The number of nitrogen functional groups attached to an aromatic ring is 1. The summed E-state index contributed by atoms with van der Waals surface area (Å²) in [6.45, 7) is 18.2. The highest BCUT2D eigenvalue weighted by molar-refractivity contribution is 6.74. The molecule has 0 fully saturated rings. The molecule has 0 heterocycles. The highest BCUT2D eigenvalue weighted by atomic mass is 28.4. The van der Waals surface area contributed by atoms with Crippen molar-refractivity contribution >= 4 is 14.0 Å². The average molecular weight is 318 g/mol. The van der Waals surface area contributed by atoms with Crippen LogP contribution in [0, 0.1) is 11.8 Å². The molecule has 0 saturated carbocycles. The minimum absolute atomic E-state index is 0.0990. The van der Waals surface area contributed by atoms with Crippen molar-refractivity contribution in [1.29, 1.82) is 0 Å². The van der Waals surface area contributed by atoms with Gasteiger partial charge in [-0.15, -0.1) is 0 Å². The Morgan fingerprint density at radius 2 is 1.68 bits per heavy atom. The summed E-state index contributed by atoms with van der Waals surface area (Å²) in [6.07, 6.45) is 0. The molecule has 3 heteroatoms. The van der Waals surface area contributed by atoms with Gasteiger partial charge in [0, 0.05) is 11.3 Å². The van der Waals surface area contributed by atoms with Crippen LogP contribution in [0.1, 0.15) is 52.7 Å². The van der Waals surface area contributed by atoms with Gasteiger partial charge < -0.3 is 10.2 Å². The van der Waals surface area contributed by atoms with Gasteiger partial charge in [0.15, 0.2) is 8.32 Å². The van der Waals surface area contributed by atoms with E-state index in [0.29, 0.717) is 6.61 Å². The first-order valence-electron chi connectivity index (χ1n) is 7.87. The number of benzene rings is 1. The van der Waals surface area contributed by atoms with E-state index in [4.69, 9.17) is 10.2 Å². The van der Waals surface area contributed by atoms with Crippen molar-refractivity contribution in [2.75, 3.05) is 12.3 Å². The lowest BCUT2D eigenvalue weighted by Gasteiger charge is -2.35. The fourth-order valence-electron chi connectivity index (χ4n) is 1.70. The molecular formula is C19H31NOSi. The Kier molecular flexibility index (Phi) is 5.54. The van der Waals surface area contributed by atoms with Crippen molar-refractivity contribution < 1.29 is 4.43 Å². The molecule has 0 aromatic heterocycles. The van der Waals surface area contributed by atoms with E-state index in [1.165, 1.54) is 5.56 Å². The van der Waals surface area contributed by atoms with E-state index in [-0.39, 0.29) is 10.5 Å². The predicted octanol–water partition coefficient (Wildman–Crippen LogP) is 4.94. The van der Waals surface area contributed by atoms with Gasteiger partial charge in [0.2, 0.25) is 0 Å². The molecule has 0 amide bonds. The van der Waals surface area contributed by atoms with Gasteiger partial charge in [0.05, 0.1) is 6.61 Å². The van der Waals surface area contributed by atoms with E-state index in [1.807, 2.05) is 6.07 Å². The Morgan fingerprint density at radius 1 is 1.09 bits per heavy atom. The largest absolute Gasteiger partial charge is 0.406 e. The summed E-state index contributed by atoms with van der Waals surface area (Å²) in [5, 5.41) is 0.208. The Hall–Kier alpha value is -1.24. The zero-order valence-electron chi connectivity index (χ0n) is 15.4. The van der Waals surface area contributed by atoms with Crippen molar-refractivity contribution in [2.24, 2.45) is 0 Å². The normalized spacial score (nSPS) is 12.7. The number of hydrogen-bond donors (Lipinski definition) is 1. The van der Waals surface area contributed by atoms with Gasteiger partial charge in [0.1, 0.15) is 0 Å². The third-order valence-corrected chi connectivity index (χ3v) is 8.93. The lowest BCUT2D eigenvalue weighted by atomic mass is 9.86. The van der Waals surface area contributed by atoms with Crippen LogP contribution in [0.3, 0.4) is 0 Å². The molecule has 0 atom stereocenters. The van der Waals surface area contributed by atoms with Crippen LogP contribution < -0.4 is 5.73 Å². The molecule has 122 valence electrons. The summed E-state index contributed by atoms with van der Waals surface area (Å²) in [7, 11) is -1.73. The maximum atomic E-state index is 6.08. The second kappa shape index (κ2) is 6.48. The zero-order chi connectivity index (χ0) is 17.2. The molecule has 0 aliphatic rings. The van der Waals surface area contributed by atoms with Crippen LogP contribution in [0.4, 0.5) is 5.69 Å². The van der Waals surface area contributed by atoms with Gasteiger partial charge in [-0.3, -0.25) is 0 Å². The summed E-state index contributed by atoms with van der Waals surface area (Å²) in [5.74, 6) is 6.30. The third-order valence-electron chi connectivity index (χ3n) is 4.45. The summed E-state index contributed by atoms with van der Waals surface area (Å²) < 4.78 is 6.08. The molecule has 0 unspecified atom stereocenters. The van der Waals surface area contributed by atoms with Gasteiger partial charge >= 0.3 is 0 Å². The fourth-order valence-corrected chi connectivity index (χ4v) is 2.56. The van der Waals surface area contributed by atoms with Crippen LogP contribution in [0.25, 0.3) is 0 Å². The van der Waals surface area contributed by atoms with Crippen LogP contribution in [0.15, 0.2) is 18.2 Å². The zero-order valence-corrected chi connectivity index (χ0v) is 16.4. The van der Waals surface area contributed by atoms with E-state index in [2.05, 4.69) is 78.6 Å². The standard InChI is InChI=1S/C19H31NOSi/c1-18(2,3)16-11-12-17(20)15(14-16)10-9-13-21-22(7,8)19(4,5)6/h11-12,14H,13,20H2,1-8H3. The number of hydrogen-bond acceptors (Lipinski definition) is 2. The highest BCUT2D eigenvalue weighted by Gasteiger charge is 2.36. The fraction of sp³-hybridized carbons (Fsp3) is 0.579.